The van der Waals surface area contributed by atoms with Crippen LogP contribution in [0.3, 0.4) is 0 Å². The first-order valence-electron chi connectivity index (χ1n) is 4.01. The van der Waals surface area contributed by atoms with Gasteiger partial charge in [-0.3, -0.25) is 9.78 Å². The van der Waals surface area contributed by atoms with Gasteiger partial charge in [-0.25, -0.2) is 0 Å². The molecule has 12 heavy (non-hydrogen) atoms. The maximum Gasteiger partial charge on any atom is 0.140 e. The molecule has 63 valence electrons. The van der Waals surface area contributed by atoms with E-state index in [4.69, 9.17) is 0 Å². The lowest BCUT2D eigenvalue weighted by atomic mass is 9.97. The zero-order chi connectivity index (χ0) is 8.97. The van der Waals surface area contributed by atoms with Gasteiger partial charge in [0.2, 0.25) is 0 Å². The summed E-state index contributed by atoms with van der Waals surface area (Å²) in [4.78, 5) is 15.2. The number of hydrogen-bond acceptors (Lipinski definition) is 2. The zero-order valence-corrected chi connectivity index (χ0v) is 7.16. The molecule has 0 saturated carbocycles. The van der Waals surface area contributed by atoms with Crippen LogP contribution in [0.4, 0.5) is 0 Å². The zero-order valence-electron chi connectivity index (χ0n) is 7.16. The van der Waals surface area contributed by atoms with Gasteiger partial charge >= 0.3 is 0 Å². The molecule has 1 aromatic rings. The molecule has 0 fully saturated rings. The normalized spacial score (nSPS) is 12.5. The molecule has 2 heteroatoms. The van der Waals surface area contributed by atoms with Crippen molar-refractivity contribution in [2.75, 3.05) is 0 Å². The topological polar surface area (TPSA) is 30.0 Å². The molecule has 1 heterocycles. The number of ketones is 1. The minimum absolute atomic E-state index is 0.156. The molecule has 1 rings (SSSR count). The number of aromatic nitrogens is 1. The highest BCUT2D eigenvalue weighted by Gasteiger charge is 2.12. The first kappa shape index (κ1) is 8.91. The van der Waals surface area contributed by atoms with Crippen molar-refractivity contribution in [2.24, 2.45) is 0 Å². The molecule has 1 unspecified atom stereocenters. The first-order chi connectivity index (χ1) is 5.75. The minimum Gasteiger partial charge on any atom is -0.299 e. The number of nitrogens with zero attached hydrogens (tertiary/aromatic N) is 1. The van der Waals surface area contributed by atoms with Crippen molar-refractivity contribution in [3.05, 3.63) is 37.0 Å². The summed E-state index contributed by atoms with van der Waals surface area (Å²) in [7, 11) is 0. The minimum atomic E-state index is -0.260. The summed E-state index contributed by atoms with van der Waals surface area (Å²) < 4.78 is 0. The third-order valence-electron chi connectivity index (χ3n) is 1.82. The van der Waals surface area contributed by atoms with Gasteiger partial charge in [0.1, 0.15) is 5.78 Å². The fourth-order valence-corrected chi connectivity index (χ4v) is 1.01. The molecule has 0 saturated heterocycles. The van der Waals surface area contributed by atoms with Crippen LogP contribution in [0.2, 0.25) is 0 Å². The highest BCUT2D eigenvalue weighted by atomic mass is 16.1. The van der Waals surface area contributed by atoms with Gasteiger partial charge in [0, 0.05) is 24.7 Å². The van der Waals surface area contributed by atoms with Gasteiger partial charge in [0.25, 0.3) is 0 Å². The van der Waals surface area contributed by atoms with Crippen LogP contribution in [0, 0.1) is 6.92 Å². The molecule has 1 atom stereocenters. The lowest BCUT2D eigenvalue weighted by molar-refractivity contribution is -0.119. The Balaban J connectivity index is 2.78. The van der Waals surface area contributed by atoms with Crippen LogP contribution in [-0.2, 0) is 4.79 Å². The molecule has 0 aliphatic heterocycles. The molecule has 0 spiro atoms. The Morgan fingerprint density at radius 2 is 2.50 bits per heavy atom. The number of rotatable bonds is 3. The van der Waals surface area contributed by atoms with Crippen LogP contribution in [0.15, 0.2) is 24.5 Å². The molecule has 0 aliphatic carbocycles. The Morgan fingerprint density at radius 1 is 1.75 bits per heavy atom. The summed E-state index contributed by atoms with van der Waals surface area (Å²) in [6.45, 7) is 5.63. The van der Waals surface area contributed by atoms with Crippen molar-refractivity contribution < 1.29 is 4.79 Å². The molecule has 0 aromatic carbocycles. The summed E-state index contributed by atoms with van der Waals surface area (Å²) in [5, 5.41) is 0. The van der Waals surface area contributed by atoms with E-state index in [-0.39, 0.29) is 11.7 Å². The van der Waals surface area contributed by atoms with Gasteiger partial charge in [-0.05, 0) is 18.6 Å². The third kappa shape index (κ3) is 1.91. The van der Waals surface area contributed by atoms with Crippen LogP contribution in [0.5, 0.6) is 0 Å². The van der Waals surface area contributed by atoms with E-state index in [1.54, 1.807) is 12.4 Å². The van der Waals surface area contributed by atoms with E-state index in [1.807, 2.05) is 19.1 Å². The summed E-state index contributed by atoms with van der Waals surface area (Å²) in [5.74, 6) is -0.105. The predicted octanol–water partition coefficient (Wildman–Crippen LogP) is 1.98. The number of hydrogen-bond donors (Lipinski definition) is 0. The van der Waals surface area contributed by atoms with Crippen molar-refractivity contribution in [2.45, 2.75) is 19.3 Å². The quantitative estimate of drug-likeness (QED) is 0.680. The molecule has 1 aromatic heterocycles. The van der Waals surface area contributed by atoms with Crippen LogP contribution >= 0.6 is 0 Å². The van der Waals surface area contributed by atoms with Gasteiger partial charge < -0.3 is 0 Å². The van der Waals surface area contributed by atoms with Gasteiger partial charge in [-0.2, -0.15) is 0 Å². The lowest BCUT2D eigenvalue weighted by Gasteiger charge is -2.07. The maximum absolute atomic E-state index is 11.2. The average molecular weight is 162 g/mol. The first-order valence-corrected chi connectivity index (χ1v) is 4.01. The van der Waals surface area contributed by atoms with Crippen molar-refractivity contribution in [3.8, 4) is 0 Å². The van der Waals surface area contributed by atoms with E-state index in [9.17, 15) is 4.79 Å². The molecule has 2 nitrogen and oxygen atoms in total. The second-order valence-electron chi connectivity index (χ2n) is 2.66. The van der Waals surface area contributed by atoms with E-state index in [1.165, 1.54) is 0 Å². The van der Waals surface area contributed by atoms with Gasteiger partial charge in [-0.15, -0.1) is 0 Å². The molecule has 0 aliphatic rings. The van der Waals surface area contributed by atoms with Crippen molar-refractivity contribution >= 4 is 5.78 Å². The second-order valence-corrected chi connectivity index (χ2v) is 2.66. The van der Waals surface area contributed by atoms with Crippen molar-refractivity contribution in [1.82, 2.24) is 4.98 Å². The standard InChI is InChI=1S/C10H12NO/c1-3-10(12)8(2)9-5-4-6-11-7-9/h4-8H,2-3H2,1H3. The third-order valence-corrected chi connectivity index (χ3v) is 1.82. The number of pyridine rings is 1. The summed E-state index contributed by atoms with van der Waals surface area (Å²) >= 11 is 0. The van der Waals surface area contributed by atoms with Crippen molar-refractivity contribution in [1.29, 1.82) is 0 Å². The van der Waals surface area contributed by atoms with Crippen LogP contribution in [0.1, 0.15) is 24.8 Å². The Labute approximate surface area is 72.6 Å². The Kier molecular flexibility index (Phi) is 2.97. The van der Waals surface area contributed by atoms with E-state index in [0.29, 0.717) is 6.42 Å². The van der Waals surface area contributed by atoms with Crippen LogP contribution in [-0.4, -0.2) is 10.8 Å². The van der Waals surface area contributed by atoms with E-state index in [0.717, 1.165) is 5.56 Å². The number of carbonyl (C=O) groups is 1. The summed E-state index contributed by atoms with van der Waals surface area (Å²) in [6.07, 6.45) is 3.90. The van der Waals surface area contributed by atoms with Crippen LogP contribution < -0.4 is 0 Å². The Hall–Kier alpha value is -1.18. The molecule has 1 radical (unpaired) electrons. The summed E-state index contributed by atoms with van der Waals surface area (Å²) in [6, 6.07) is 3.69. The van der Waals surface area contributed by atoms with E-state index in [2.05, 4.69) is 11.9 Å². The number of Topliss-reactive ketones (excluding diaryl/α,β-unsaturated/α-hetero) is 1. The van der Waals surface area contributed by atoms with Gasteiger partial charge in [0.05, 0.1) is 0 Å². The van der Waals surface area contributed by atoms with Gasteiger partial charge in [-0.1, -0.05) is 13.0 Å². The lowest BCUT2D eigenvalue weighted by Crippen LogP contribution is -2.07. The second kappa shape index (κ2) is 4.00. The van der Waals surface area contributed by atoms with E-state index < -0.39 is 0 Å². The highest BCUT2D eigenvalue weighted by molar-refractivity contribution is 5.85. The highest BCUT2D eigenvalue weighted by Crippen LogP contribution is 2.14. The fourth-order valence-electron chi connectivity index (χ4n) is 1.01. The van der Waals surface area contributed by atoms with Crippen LogP contribution in [0.25, 0.3) is 0 Å². The smallest absolute Gasteiger partial charge is 0.140 e. The van der Waals surface area contributed by atoms with E-state index >= 15 is 0 Å². The average Bonchev–Trinajstić information content (AvgIpc) is 2.17. The SMILES string of the molecule is [CH2]C(C(=O)CC)c1cccnc1. The van der Waals surface area contributed by atoms with Gasteiger partial charge in [0.15, 0.2) is 0 Å². The molecule has 0 amide bonds. The molecular formula is C10H12NO. The number of carbonyl (C=O) groups excluding carboxylic acids is 1. The Morgan fingerprint density at radius 3 is 3.00 bits per heavy atom. The molecule has 0 N–H and O–H groups in total. The maximum atomic E-state index is 11.2. The fraction of sp³-hybridized carbons (Fsp3) is 0.300. The summed E-state index contributed by atoms with van der Waals surface area (Å²) in [5.41, 5.74) is 0.893. The molecular weight excluding hydrogens is 150 g/mol. The molecule has 0 bridgehead atoms. The monoisotopic (exact) mass is 162 g/mol. The largest absolute Gasteiger partial charge is 0.299 e. The van der Waals surface area contributed by atoms with Crippen molar-refractivity contribution in [3.63, 3.8) is 0 Å². The Bertz CT molecular complexity index is 256. The predicted molar refractivity (Wildman–Crippen MR) is 47.6 cm³/mol.